The van der Waals surface area contributed by atoms with E-state index in [9.17, 15) is 9.00 Å². The van der Waals surface area contributed by atoms with Gasteiger partial charge in [0, 0.05) is 36.5 Å². The number of hydrogen-bond acceptors (Lipinski definition) is 4. The molecule has 1 amide bonds. The van der Waals surface area contributed by atoms with E-state index in [0.717, 1.165) is 25.9 Å². The summed E-state index contributed by atoms with van der Waals surface area (Å²) in [7, 11) is 0.761. The van der Waals surface area contributed by atoms with Crippen molar-refractivity contribution in [1.29, 1.82) is 0 Å². The van der Waals surface area contributed by atoms with Gasteiger partial charge >= 0.3 is 0 Å². The van der Waals surface area contributed by atoms with Crippen molar-refractivity contribution >= 4 is 16.7 Å². The Labute approximate surface area is 105 Å². The lowest BCUT2D eigenvalue weighted by Gasteiger charge is -2.35. The van der Waals surface area contributed by atoms with Gasteiger partial charge in [-0.2, -0.15) is 0 Å². The second-order valence-corrected chi connectivity index (χ2v) is 6.05. The van der Waals surface area contributed by atoms with Crippen LogP contribution in [0.25, 0.3) is 0 Å². The molecule has 0 saturated carbocycles. The maximum Gasteiger partial charge on any atom is 0.228 e. The average Bonchev–Trinajstić information content (AvgIpc) is 2.30. The first-order valence-corrected chi connectivity index (χ1v) is 7.61. The minimum absolute atomic E-state index is 0.0336. The molecule has 5 nitrogen and oxygen atoms in total. The molecule has 1 aliphatic heterocycles. The van der Waals surface area contributed by atoms with Gasteiger partial charge in [-0.1, -0.05) is 0 Å². The Morgan fingerprint density at radius 1 is 1.47 bits per heavy atom. The van der Waals surface area contributed by atoms with Crippen molar-refractivity contribution in [3.8, 4) is 0 Å². The fraction of sp³-hybridized carbons (Fsp3) is 0.909. The van der Waals surface area contributed by atoms with E-state index in [1.54, 1.807) is 13.4 Å². The topological polar surface area (TPSA) is 67.4 Å². The molecule has 0 spiro atoms. The molecule has 1 atom stereocenters. The van der Waals surface area contributed by atoms with Crippen LogP contribution in [-0.4, -0.2) is 55.5 Å². The van der Waals surface area contributed by atoms with E-state index in [1.165, 1.54) is 0 Å². The van der Waals surface area contributed by atoms with Crippen molar-refractivity contribution < 1.29 is 13.7 Å². The fourth-order valence-electron chi connectivity index (χ4n) is 2.11. The van der Waals surface area contributed by atoms with Crippen molar-refractivity contribution in [1.82, 2.24) is 10.6 Å². The predicted octanol–water partition coefficient (Wildman–Crippen LogP) is -0.503. The summed E-state index contributed by atoms with van der Waals surface area (Å²) in [5, 5.41) is 6.11. The van der Waals surface area contributed by atoms with Gasteiger partial charge in [0.1, 0.15) is 0 Å². The molecule has 1 rings (SSSR count). The largest absolute Gasteiger partial charge is 0.384 e. The van der Waals surface area contributed by atoms with Crippen LogP contribution in [0.1, 0.15) is 12.8 Å². The van der Waals surface area contributed by atoms with Crippen LogP contribution in [0.2, 0.25) is 0 Å². The third-order valence-corrected chi connectivity index (χ3v) is 3.92. The second kappa shape index (κ2) is 7.08. The van der Waals surface area contributed by atoms with E-state index >= 15 is 0 Å². The lowest BCUT2D eigenvalue weighted by atomic mass is 9.78. The number of carbonyl (C=O) groups excluding carboxylic acids is 1. The number of methoxy groups -OCH3 is 1. The quantitative estimate of drug-likeness (QED) is 0.677. The molecule has 6 heteroatoms. The van der Waals surface area contributed by atoms with Crippen molar-refractivity contribution in [2.75, 3.05) is 45.4 Å². The molecule has 17 heavy (non-hydrogen) atoms. The standard InChI is InChI=1S/C11H22N2O3S/c1-16-9-11(3-5-12-6-4-11)10(14)13-7-8-17(2)15/h12H,3-9H2,1-2H3,(H,13,14). The van der Waals surface area contributed by atoms with Crippen LogP contribution in [0.15, 0.2) is 0 Å². The summed E-state index contributed by atoms with van der Waals surface area (Å²) in [4.78, 5) is 12.2. The third kappa shape index (κ3) is 4.37. The van der Waals surface area contributed by atoms with Crippen LogP contribution in [0.3, 0.4) is 0 Å². The first-order chi connectivity index (χ1) is 8.10. The molecule has 1 unspecified atom stereocenters. The van der Waals surface area contributed by atoms with Crippen molar-refractivity contribution in [2.45, 2.75) is 12.8 Å². The van der Waals surface area contributed by atoms with Crippen molar-refractivity contribution in [3.63, 3.8) is 0 Å². The average molecular weight is 262 g/mol. The highest BCUT2D eigenvalue weighted by molar-refractivity contribution is 7.84. The molecule has 2 N–H and O–H groups in total. The number of piperidine rings is 1. The molecule has 0 aromatic heterocycles. The molecule has 1 aliphatic rings. The van der Waals surface area contributed by atoms with Gasteiger partial charge in [0.05, 0.1) is 12.0 Å². The zero-order valence-corrected chi connectivity index (χ0v) is 11.4. The lowest BCUT2D eigenvalue weighted by Crippen LogP contribution is -2.50. The highest BCUT2D eigenvalue weighted by atomic mass is 32.2. The number of carbonyl (C=O) groups is 1. The Balaban J connectivity index is 2.50. The Bertz CT molecular complexity index is 272. The summed E-state index contributed by atoms with van der Waals surface area (Å²) in [5.74, 6) is 0.541. The SMILES string of the molecule is COCC1(C(=O)NCCS(C)=O)CCNCC1. The van der Waals surface area contributed by atoms with Gasteiger partial charge in [-0.05, 0) is 25.9 Å². The number of rotatable bonds is 6. The normalized spacial score (nSPS) is 20.8. The van der Waals surface area contributed by atoms with Gasteiger partial charge in [-0.25, -0.2) is 0 Å². The number of nitrogens with one attached hydrogen (secondary N) is 2. The second-order valence-electron chi connectivity index (χ2n) is 4.50. The molecular weight excluding hydrogens is 240 g/mol. The molecule has 0 aromatic carbocycles. The minimum Gasteiger partial charge on any atom is -0.384 e. The highest BCUT2D eigenvalue weighted by Gasteiger charge is 2.39. The van der Waals surface area contributed by atoms with Gasteiger partial charge in [-0.3, -0.25) is 9.00 Å². The summed E-state index contributed by atoms with van der Waals surface area (Å²) in [6, 6.07) is 0. The predicted molar refractivity (Wildman–Crippen MR) is 68.4 cm³/mol. The molecule has 1 heterocycles. The Morgan fingerprint density at radius 2 is 2.12 bits per heavy atom. The van der Waals surface area contributed by atoms with E-state index < -0.39 is 16.2 Å². The molecule has 0 radical (unpaired) electrons. The molecule has 1 fully saturated rings. The van der Waals surface area contributed by atoms with E-state index in [-0.39, 0.29) is 5.91 Å². The van der Waals surface area contributed by atoms with Gasteiger partial charge in [0.2, 0.25) is 5.91 Å². The smallest absolute Gasteiger partial charge is 0.228 e. The zero-order chi connectivity index (χ0) is 12.7. The van der Waals surface area contributed by atoms with Crippen LogP contribution in [0.5, 0.6) is 0 Å². The maximum absolute atomic E-state index is 12.2. The van der Waals surface area contributed by atoms with Crippen LogP contribution < -0.4 is 10.6 Å². The summed E-state index contributed by atoms with van der Waals surface area (Å²) in [6.45, 7) is 2.61. The lowest BCUT2D eigenvalue weighted by molar-refractivity contribution is -0.136. The highest BCUT2D eigenvalue weighted by Crippen LogP contribution is 2.29. The van der Waals surface area contributed by atoms with Crippen molar-refractivity contribution in [2.24, 2.45) is 5.41 Å². The van der Waals surface area contributed by atoms with E-state index in [1.807, 2.05) is 0 Å². The number of amides is 1. The summed E-state index contributed by atoms with van der Waals surface area (Å²) in [5.41, 5.74) is -0.408. The molecule has 100 valence electrons. The third-order valence-electron chi connectivity index (χ3n) is 3.14. The Morgan fingerprint density at radius 3 is 2.65 bits per heavy atom. The van der Waals surface area contributed by atoms with Crippen molar-refractivity contribution in [3.05, 3.63) is 0 Å². The minimum atomic E-state index is -0.863. The monoisotopic (exact) mass is 262 g/mol. The van der Waals surface area contributed by atoms with E-state index in [4.69, 9.17) is 4.74 Å². The summed E-state index contributed by atoms with van der Waals surface area (Å²) in [6.07, 6.45) is 3.23. The Kier molecular flexibility index (Phi) is 6.08. The number of hydrogen-bond donors (Lipinski definition) is 2. The Hall–Kier alpha value is -0.460. The molecule has 0 aliphatic carbocycles. The molecule has 0 aromatic rings. The van der Waals surface area contributed by atoms with E-state index in [2.05, 4.69) is 10.6 Å². The van der Waals surface area contributed by atoms with Crippen LogP contribution >= 0.6 is 0 Å². The van der Waals surface area contributed by atoms with Crippen LogP contribution in [0.4, 0.5) is 0 Å². The molecule has 0 bridgehead atoms. The van der Waals surface area contributed by atoms with Gasteiger partial charge in [0.15, 0.2) is 0 Å². The first kappa shape index (κ1) is 14.6. The first-order valence-electron chi connectivity index (χ1n) is 5.89. The molecular formula is C11H22N2O3S. The van der Waals surface area contributed by atoms with E-state index in [0.29, 0.717) is 18.9 Å². The van der Waals surface area contributed by atoms with Gasteiger partial charge in [0.25, 0.3) is 0 Å². The van der Waals surface area contributed by atoms with Gasteiger partial charge < -0.3 is 15.4 Å². The summed E-state index contributed by atoms with van der Waals surface area (Å²) < 4.78 is 16.1. The van der Waals surface area contributed by atoms with Crippen LogP contribution in [0, 0.1) is 5.41 Å². The maximum atomic E-state index is 12.2. The van der Waals surface area contributed by atoms with Crippen LogP contribution in [-0.2, 0) is 20.3 Å². The number of ether oxygens (including phenoxy) is 1. The zero-order valence-electron chi connectivity index (χ0n) is 10.6. The van der Waals surface area contributed by atoms with Gasteiger partial charge in [-0.15, -0.1) is 0 Å². The fourth-order valence-corrected chi connectivity index (χ4v) is 2.50. The summed E-state index contributed by atoms with van der Waals surface area (Å²) >= 11 is 0. The molecule has 1 saturated heterocycles.